The first-order valence-electron chi connectivity index (χ1n) is 8.75. The summed E-state index contributed by atoms with van der Waals surface area (Å²) >= 11 is 5.90. The van der Waals surface area contributed by atoms with Crippen molar-refractivity contribution in [2.45, 2.75) is 4.90 Å². The third-order valence-corrected chi connectivity index (χ3v) is 5.61. The molecule has 1 aromatic heterocycles. The monoisotopic (exact) mass is 462 g/mol. The molecular formula is C21H16ClN4NaO3S. The summed E-state index contributed by atoms with van der Waals surface area (Å²) in [5.41, 5.74) is 8.63. The van der Waals surface area contributed by atoms with Gasteiger partial charge in [-0.25, -0.2) is 0 Å². The molecule has 1 heterocycles. The molecule has 0 aliphatic carbocycles. The summed E-state index contributed by atoms with van der Waals surface area (Å²) in [7, 11) is -4.47. The second kappa shape index (κ2) is 9.44. The number of benzene rings is 3. The molecule has 31 heavy (non-hydrogen) atoms. The van der Waals surface area contributed by atoms with Gasteiger partial charge in [0, 0.05) is 21.4 Å². The Kier molecular flexibility index (Phi) is 7.10. The van der Waals surface area contributed by atoms with Crippen LogP contribution in [-0.2, 0) is 10.1 Å². The Balaban J connectivity index is 0.00000272. The van der Waals surface area contributed by atoms with Gasteiger partial charge in [-0.2, -0.15) is 8.42 Å². The number of hydrogen-bond donors (Lipinski definition) is 2. The predicted molar refractivity (Wildman–Crippen MR) is 124 cm³/mol. The molecular weight excluding hydrogens is 447 g/mol. The van der Waals surface area contributed by atoms with Gasteiger partial charge in [-0.1, -0.05) is 48.0 Å². The molecule has 3 aromatic carbocycles. The van der Waals surface area contributed by atoms with Crippen molar-refractivity contribution in [1.82, 2.24) is 4.98 Å². The molecule has 0 fully saturated rings. The number of halogens is 1. The third kappa shape index (κ3) is 5.12. The van der Waals surface area contributed by atoms with Gasteiger partial charge in [-0.15, -0.1) is 10.2 Å². The quantitative estimate of drug-likeness (QED) is 0.188. The van der Waals surface area contributed by atoms with Crippen molar-refractivity contribution in [3.8, 4) is 11.3 Å². The van der Waals surface area contributed by atoms with E-state index < -0.39 is 10.1 Å². The molecule has 0 aliphatic rings. The first kappa shape index (κ1) is 23.3. The van der Waals surface area contributed by atoms with Gasteiger partial charge < -0.3 is 5.73 Å². The van der Waals surface area contributed by atoms with E-state index in [0.717, 1.165) is 11.3 Å². The topological polar surface area (TPSA) is 118 Å². The molecule has 0 saturated carbocycles. The summed E-state index contributed by atoms with van der Waals surface area (Å²) in [5, 5.41) is 9.59. The van der Waals surface area contributed by atoms with Crippen molar-refractivity contribution in [1.29, 1.82) is 0 Å². The number of nitrogens with zero attached hydrogens (tertiary/aromatic N) is 3. The molecule has 4 rings (SSSR count). The van der Waals surface area contributed by atoms with Crippen LogP contribution in [0.5, 0.6) is 0 Å². The number of fused-ring (bicyclic) bond motifs is 1. The minimum atomic E-state index is -4.47. The van der Waals surface area contributed by atoms with Crippen LogP contribution in [0, 0.1) is 0 Å². The van der Waals surface area contributed by atoms with Crippen molar-refractivity contribution in [2.75, 3.05) is 5.73 Å². The Morgan fingerprint density at radius 1 is 0.935 bits per heavy atom. The number of hydrogen-bond acceptors (Lipinski definition) is 6. The van der Waals surface area contributed by atoms with Crippen molar-refractivity contribution in [3.05, 3.63) is 77.9 Å². The molecule has 4 aromatic rings. The Morgan fingerprint density at radius 3 is 2.23 bits per heavy atom. The number of nitrogen functional groups attached to an aromatic ring is 1. The molecule has 0 aliphatic heterocycles. The zero-order valence-corrected chi connectivity index (χ0v) is 17.0. The number of nitrogens with two attached hydrogens (primary N) is 1. The second-order valence-electron chi connectivity index (χ2n) is 6.44. The third-order valence-electron chi connectivity index (χ3n) is 4.47. The van der Waals surface area contributed by atoms with E-state index in [1.54, 1.807) is 48.5 Å². The van der Waals surface area contributed by atoms with Gasteiger partial charge >= 0.3 is 29.6 Å². The van der Waals surface area contributed by atoms with Gasteiger partial charge in [0.2, 0.25) is 0 Å². The molecule has 0 bridgehead atoms. The van der Waals surface area contributed by atoms with Crippen molar-refractivity contribution in [2.24, 2.45) is 10.2 Å². The van der Waals surface area contributed by atoms with E-state index >= 15 is 0 Å². The van der Waals surface area contributed by atoms with Crippen molar-refractivity contribution >= 4 is 79.1 Å². The molecule has 0 amide bonds. The zero-order valence-electron chi connectivity index (χ0n) is 15.4. The first-order valence-corrected chi connectivity index (χ1v) is 10.6. The van der Waals surface area contributed by atoms with Crippen LogP contribution in [0.4, 0.5) is 17.1 Å². The molecule has 10 heteroatoms. The van der Waals surface area contributed by atoms with E-state index in [1.165, 1.54) is 12.3 Å². The van der Waals surface area contributed by atoms with E-state index in [2.05, 4.69) is 15.2 Å². The van der Waals surface area contributed by atoms with Crippen LogP contribution < -0.4 is 5.73 Å². The fourth-order valence-corrected chi connectivity index (χ4v) is 3.84. The van der Waals surface area contributed by atoms with E-state index in [9.17, 15) is 13.0 Å². The minimum absolute atomic E-state index is 0. The summed E-state index contributed by atoms with van der Waals surface area (Å²) in [5.74, 6) is 0. The Labute approximate surface area is 206 Å². The van der Waals surface area contributed by atoms with Crippen LogP contribution in [0.25, 0.3) is 22.0 Å². The molecule has 3 N–H and O–H groups in total. The van der Waals surface area contributed by atoms with Gasteiger partial charge in [0.1, 0.15) is 16.3 Å². The van der Waals surface area contributed by atoms with Crippen molar-refractivity contribution in [3.63, 3.8) is 0 Å². The number of azo groups is 1. The van der Waals surface area contributed by atoms with Crippen LogP contribution in [0.15, 0.2) is 88.1 Å². The Bertz CT molecular complexity index is 1380. The normalized spacial score (nSPS) is 11.5. The molecule has 0 saturated heterocycles. The Morgan fingerprint density at radius 2 is 1.61 bits per heavy atom. The molecule has 0 radical (unpaired) electrons. The second-order valence-corrected chi connectivity index (χ2v) is 8.26. The maximum absolute atomic E-state index is 11.8. The molecule has 0 unspecified atom stereocenters. The molecule has 152 valence electrons. The fraction of sp³-hybridized carbons (Fsp3) is 0. The standard InChI is InChI=1S/C21H15ClN4O3S.Na.H/c22-14-7-5-13(6-8-14)18-10-9-15(12-24-18)25-26-19-11-20(30(27,28)29)16-3-1-2-4-17(16)21(19)23;;/h1-12H,23H2,(H,27,28,29);;. The van der Waals surface area contributed by atoms with E-state index in [1.807, 2.05) is 12.1 Å². The summed E-state index contributed by atoms with van der Waals surface area (Å²) in [6.45, 7) is 0. The number of pyridine rings is 1. The van der Waals surface area contributed by atoms with E-state index in [0.29, 0.717) is 21.5 Å². The SMILES string of the molecule is Nc1c(N=Nc2ccc(-c3ccc(Cl)cc3)nc2)cc(S(=O)(=O)O)c2ccccc12.[NaH]. The van der Waals surface area contributed by atoms with Gasteiger partial charge in [0.25, 0.3) is 10.1 Å². The first-order chi connectivity index (χ1) is 14.3. The van der Waals surface area contributed by atoms with E-state index in [-0.39, 0.29) is 45.8 Å². The summed E-state index contributed by atoms with van der Waals surface area (Å²) in [6.07, 6.45) is 1.54. The summed E-state index contributed by atoms with van der Waals surface area (Å²) in [4.78, 5) is 4.08. The predicted octanol–water partition coefficient (Wildman–Crippen LogP) is 5.15. The van der Waals surface area contributed by atoms with Gasteiger partial charge in [-0.3, -0.25) is 9.54 Å². The molecule has 0 atom stereocenters. The van der Waals surface area contributed by atoms with E-state index in [4.69, 9.17) is 17.3 Å². The average molecular weight is 463 g/mol. The van der Waals surface area contributed by atoms with Crippen LogP contribution >= 0.6 is 11.6 Å². The Hall–Kier alpha value is -2.33. The number of anilines is 1. The molecule has 0 spiro atoms. The van der Waals surface area contributed by atoms with Crippen LogP contribution in [0.2, 0.25) is 5.02 Å². The van der Waals surface area contributed by atoms with Crippen molar-refractivity contribution < 1.29 is 13.0 Å². The maximum atomic E-state index is 11.8. The fourth-order valence-electron chi connectivity index (χ4n) is 2.99. The van der Waals surface area contributed by atoms with Gasteiger partial charge in [0.05, 0.1) is 17.6 Å². The number of rotatable bonds is 4. The van der Waals surface area contributed by atoms with Gasteiger partial charge in [0.15, 0.2) is 0 Å². The van der Waals surface area contributed by atoms with Crippen LogP contribution in [0.3, 0.4) is 0 Å². The summed E-state index contributed by atoms with van der Waals surface area (Å²) < 4.78 is 33.2. The van der Waals surface area contributed by atoms with Gasteiger partial charge in [-0.05, 0) is 30.3 Å². The zero-order chi connectivity index (χ0) is 21.3. The van der Waals surface area contributed by atoms with Crippen LogP contribution in [0.1, 0.15) is 0 Å². The summed E-state index contributed by atoms with van der Waals surface area (Å²) in [6, 6.07) is 18.6. The molecule has 7 nitrogen and oxygen atoms in total. The average Bonchev–Trinajstić information content (AvgIpc) is 2.73. The number of aromatic nitrogens is 1. The van der Waals surface area contributed by atoms with Crippen LogP contribution in [-0.4, -0.2) is 47.5 Å².